The Bertz CT molecular complexity index is 1070. The van der Waals surface area contributed by atoms with Gasteiger partial charge in [0.25, 0.3) is 0 Å². The maximum absolute atomic E-state index is 12.4. The number of carbonyl (C=O) groups excluding carboxylic acids is 2. The predicted octanol–water partition coefficient (Wildman–Crippen LogP) is 2.42. The van der Waals surface area contributed by atoms with Crippen LogP contribution in [-0.4, -0.2) is 51.7 Å². The van der Waals surface area contributed by atoms with Crippen molar-refractivity contribution in [2.75, 3.05) is 42.7 Å². The number of nitrogens with one attached hydrogen (secondary N) is 2. The predicted molar refractivity (Wildman–Crippen MR) is 117 cm³/mol. The molecule has 1 saturated heterocycles. The van der Waals surface area contributed by atoms with Gasteiger partial charge < -0.3 is 15.5 Å². The molecule has 0 unspecified atom stereocenters. The highest BCUT2D eigenvalue weighted by molar-refractivity contribution is 7.89. The Labute approximate surface area is 176 Å². The van der Waals surface area contributed by atoms with Gasteiger partial charge in [0.15, 0.2) is 0 Å². The van der Waals surface area contributed by atoms with Gasteiger partial charge in [0, 0.05) is 44.1 Å². The minimum absolute atomic E-state index is 0.00287. The molecule has 0 atom stereocenters. The van der Waals surface area contributed by atoms with Crippen LogP contribution in [0.15, 0.2) is 47.4 Å². The minimum atomic E-state index is -3.58. The molecular formula is C21H26N4O4S. The number of rotatable bonds is 7. The van der Waals surface area contributed by atoms with Crippen molar-refractivity contribution < 1.29 is 18.0 Å². The van der Waals surface area contributed by atoms with Gasteiger partial charge in [0.2, 0.25) is 21.8 Å². The van der Waals surface area contributed by atoms with Gasteiger partial charge in [-0.15, -0.1) is 0 Å². The topological polar surface area (TPSA) is 98.8 Å². The van der Waals surface area contributed by atoms with Gasteiger partial charge in [-0.1, -0.05) is 12.1 Å². The Morgan fingerprint density at radius 1 is 1.17 bits per heavy atom. The monoisotopic (exact) mass is 430 g/mol. The summed E-state index contributed by atoms with van der Waals surface area (Å²) in [4.78, 5) is 26.3. The van der Waals surface area contributed by atoms with Crippen LogP contribution < -0.4 is 15.5 Å². The van der Waals surface area contributed by atoms with Crippen LogP contribution in [-0.2, 0) is 19.6 Å². The Hall–Kier alpha value is -2.91. The zero-order valence-electron chi connectivity index (χ0n) is 17.3. The number of hydrogen-bond donors (Lipinski definition) is 2. The Kier molecular flexibility index (Phi) is 6.42. The largest absolute Gasteiger partial charge is 0.376 e. The second kappa shape index (κ2) is 8.85. The summed E-state index contributed by atoms with van der Waals surface area (Å²) in [5.41, 5.74) is 2.92. The van der Waals surface area contributed by atoms with Crippen molar-refractivity contribution in [3.63, 3.8) is 0 Å². The van der Waals surface area contributed by atoms with Crippen LogP contribution in [0.25, 0.3) is 0 Å². The maximum atomic E-state index is 12.4. The van der Waals surface area contributed by atoms with E-state index in [0.717, 1.165) is 27.7 Å². The molecule has 9 heteroatoms. The fourth-order valence-corrected chi connectivity index (χ4v) is 4.28. The van der Waals surface area contributed by atoms with Crippen LogP contribution >= 0.6 is 0 Å². The van der Waals surface area contributed by atoms with E-state index >= 15 is 0 Å². The first-order valence-electron chi connectivity index (χ1n) is 9.66. The van der Waals surface area contributed by atoms with Gasteiger partial charge in [-0.3, -0.25) is 9.59 Å². The lowest BCUT2D eigenvalue weighted by Crippen LogP contribution is -2.26. The molecule has 0 radical (unpaired) electrons. The van der Waals surface area contributed by atoms with Crippen LogP contribution in [0.5, 0.6) is 0 Å². The molecule has 0 spiro atoms. The third kappa shape index (κ3) is 4.63. The van der Waals surface area contributed by atoms with E-state index in [1.807, 2.05) is 25.1 Å². The highest BCUT2D eigenvalue weighted by atomic mass is 32.2. The Morgan fingerprint density at radius 2 is 1.90 bits per heavy atom. The molecule has 0 aliphatic carbocycles. The lowest BCUT2D eigenvalue weighted by Gasteiger charge is -2.20. The molecule has 0 saturated carbocycles. The van der Waals surface area contributed by atoms with Crippen molar-refractivity contribution in [1.29, 1.82) is 0 Å². The number of sulfonamides is 1. The van der Waals surface area contributed by atoms with Gasteiger partial charge in [-0.2, -0.15) is 0 Å². The van der Waals surface area contributed by atoms with Gasteiger partial charge in [0.1, 0.15) is 0 Å². The van der Waals surface area contributed by atoms with Crippen LogP contribution in [0.3, 0.4) is 0 Å². The molecule has 160 valence electrons. The second-order valence-electron chi connectivity index (χ2n) is 7.32. The van der Waals surface area contributed by atoms with Gasteiger partial charge in [-0.25, -0.2) is 12.7 Å². The van der Waals surface area contributed by atoms with Crippen molar-refractivity contribution in [3.8, 4) is 0 Å². The Balaban J connectivity index is 1.67. The molecule has 1 aliphatic heterocycles. The van der Waals surface area contributed by atoms with E-state index in [0.29, 0.717) is 18.7 Å². The normalized spacial score (nSPS) is 14.3. The fraction of sp³-hybridized carbons (Fsp3) is 0.333. The lowest BCUT2D eigenvalue weighted by atomic mass is 10.1. The summed E-state index contributed by atoms with van der Waals surface area (Å²) >= 11 is 0. The van der Waals surface area contributed by atoms with E-state index < -0.39 is 10.0 Å². The van der Waals surface area contributed by atoms with Crippen molar-refractivity contribution in [3.05, 3.63) is 48.0 Å². The van der Waals surface area contributed by atoms with Crippen LogP contribution in [0.4, 0.5) is 17.1 Å². The van der Waals surface area contributed by atoms with Crippen LogP contribution in [0.2, 0.25) is 0 Å². The highest BCUT2D eigenvalue weighted by Gasteiger charge is 2.23. The van der Waals surface area contributed by atoms with E-state index in [9.17, 15) is 18.0 Å². The highest BCUT2D eigenvalue weighted by Crippen LogP contribution is 2.29. The number of amides is 2. The molecule has 30 heavy (non-hydrogen) atoms. The number of carbonyl (C=O) groups is 2. The molecular weight excluding hydrogens is 404 g/mol. The molecule has 1 heterocycles. The SMILES string of the molecule is Cc1c(NCC(=O)Nc2cccc(S(=O)(=O)N(C)C)c2)cccc1N1CCCC1=O. The number of hydrogen-bond acceptors (Lipinski definition) is 5. The zero-order valence-corrected chi connectivity index (χ0v) is 18.1. The quantitative estimate of drug-likeness (QED) is 0.703. The molecule has 1 fully saturated rings. The van der Waals surface area contributed by atoms with Gasteiger partial charge in [0.05, 0.1) is 11.4 Å². The maximum Gasteiger partial charge on any atom is 0.243 e. The summed E-state index contributed by atoms with van der Waals surface area (Å²) in [6, 6.07) is 11.7. The fourth-order valence-electron chi connectivity index (χ4n) is 3.34. The molecule has 2 N–H and O–H groups in total. The van der Waals surface area contributed by atoms with Crippen molar-refractivity contribution >= 4 is 38.9 Å². The Morgan fingerprint density at radius 3 is 2.57 bits per heavy atom. The number of benzene rings is 2. The summed E-state index contributed by atoms with van der Waals surface area (Å²) in [6.45, 7) is 2.62. The summed E-state index contributed by atoms with van der Waals surface area (Å²) in [7, 11) is -0.669. The first kappa shape index (κ1) is 21.8. The van der Waals surface area contributed by atoms with Crippen molar-refractivity contribution in [2.24, 2.45) is 0 Å². The van der Waals surface area contributed by atoms with Gasteiger partial charge >= 0.3 is 0 Å². The molecule has 3 rings (SSSR count). The molecule has 2 aromatic carbocycles. The molecule has 1 aliphatic rings. The zero-order chi connectivity index (χ0) is 21.9. The van der Waals surface area contributed by atoms with E-state index in [-0.39, 0.29) is 23.3 Å². The van der Waals surface area contributed by atoms with E-state index in [2.05, 4.69) is 10.6 Å². The third-order valence-corrected chi connectivity index (χ3v) is 6.82. The molecule has 0 bridgehead atoms. The van der Waals surface area contributed by atoms with Gasteiger partial charge in [-0.05, 0) is 49.2 Å². The summed E-state index contributed by atoms with van der Waals surface area (Å²) in [6.07, 6.45) is 1.41. The van der Waals surface area contributed by atoms with E-state index in [1.54, 1.807) is 17.0 Å². The van der Waals surface area contributed by atoms with Crippen molar-refractivity contribution in [2.45, 2.75) is 24.7 Å². The summed E-state index contributed by atoms with van der Waals surface area (Å²) in [5, 5.41) is 5.81. The molecule has 2 amide bonds. The minimum Gasteiger partial charge on any atom is -0.376 e. The molecule has 2 aromatic rings. The molecule has 0 aromatic heterocycles. The average molecular weight is 431 g/mol. The summed E-state index contributed by atoms with van der Waals surface area (Å²) < 4.78 is 25.6. The van der Waals surface area contributed by atoms with Crippen molar-refractivity contribution in [1.82, 2.24) is 4.31 Å². The lowest BCUT2D eigenvalue weighted by molar-refractivity contribution is -0.117. The smallest absolute Gasteiger partial charge is 0.243 e. The van der Waals surface area contributed by atoms with Crippen LogP contribution in [0.1, 0.15) is 18.4 Å². The van der Waals surface area contributed by atoms with E-state index in [4.69, 9.17) is 0 Å². The first-order chi connectivity index (χ1) is 14.2. The summed E-state index contributed by atoms with van der Waals surface area (Å²) in [5.74, 6) is -0.197. The van der Waals surface area contributed by atoms with E-state index in [1.165, 1.54) is 26.2 Å². The van der Waals surface area contributed by atoms with Crippen LogP contribution in [0, 0.1) is 6.92 Å². The standard InChI is InChI=1S/C21H26N4O4S/c1-15-18(9-5-10-19(15)25-12-6-11-21(25)27)22-14-20(26)23-16-7-4-8-17(13-16)30(28,29)24(2)3/h4-5,7-10,13,22H,6,11-12,14H2,1-3H3,(H,23,26). The molecule has 8 nitrogen and oxygen atoms in total. The number of anilines is 3. The second-order valence-corrected chi connectivity index (χ2v) is 9.47. The number of nitrogens with zero attached hydrogens (tertiary/aromatic N) is 2. The average Bonchev–Trinajstić information content (AvgIpc) is 3.13. The third-order valence-electron chi connectivity index (χ3n) is 5.01. The first-order valence-corrected chi connectivity index (χ1v) is 11.1.